The summed E-state index contributed by atoms with van der Waals surface area (Å²) in [5.41, 5.74) is 3.97. The van der Waals surface area contributed by atoms with Crippen molar-refractivity contribution in [2.75, 3.05) is 15.9 Å². The third-order valence-electron chi connectivity index (χ3n) is 5.62. The van der Waals surface area contributed by atoms with Crippen molar-refractivity contribution in [3.63, 3.8) is 0 Å². The zero-order valence-corrected chi connectivity index (χ0v) is 19.2. The van der Waals surface area contributed by atoms with Crippen molar-refractivity contribution in [3.8, 4) is 0 Å². The maximum absolute atomic E-state index is 12.8. The molecule has 1 aromatic heterocycles. The average molecular weight is 471 g/mol. The summed E-state index contributed by atoms with van der Waals surface area (Å²) in [7, 11) is -3.47. The highest BCUT2D eigenvalue weighted by Crippen LogP contribution is 2.30. The first-order valence-electron chi connectivity index (χ1n) is 10.7. The third kappa shape index (κ3) is 4.38. The number of anilines is 2. The molecule has 0 saturated carbocycles. The van der Waals surface area contributed by atoms with Crippen LogP contribution in [0.3, 0.4) is 0 Å². The molecule has 0 aliphatic carbocycles. The minimum absolute atomic E-state index is 0.174. The topological polar surface area (TPSA) is 79.6 Å². The molecule has 0 aliphatic rings. The van der Waals surface area contributed by atoms with Crippen LogP contribution in [0.2, 0.25) is 0 Å². The number of fused-ring (bicyclic) bond motifs is 3. The van der Waals surface area contributed by atoms with Crippen molar-refractivity contribution in [1.82, 2.24) is 0 Å². The molecule has 1 heterocycles. The fraction of sp³-hybridized carbons (Fsp3) is 0.0741. The summed E-state index contributed by atoms with van der Waals surface area (Å²) in [4.78, 5) is 12.8. The van der Waals surface area contributed by atoms with E-state index in [1.165, 1.54) is 10.6 Å². The fourth-order valence-electron chi connectivity index (χ4n) is 3.93. The Labute approximate surface area is 197 Å². The van der Waals surface area contributed by atoms with Gasteiger partial charge in [-0.3, -0.25) is 9.10 Å². The molecule has 1 amide bonds. The molecule has 0 aliphatic heterocycles. The molecular weight excluding hydrogens is 448 g/mol. The van der Waals surface area contributed by atoms with Crippen LogP contribution in [-0.4, -0.2) is 20.6 Å². The van der Waals surface area contributed by atoms with Gasteiger partial charge in [0.2, 0.25) is 10.0 Å². The highest BCUT2D eigenvalue weighted by Gasteiger charge is 2.18. The van der Waals surface area contributed by atoms with E-state index in [0.717, 1.165) is 21.9 Å². The van der Waals surface area contributed by atoms with Gasteiger partial charge in [0.25, 0.3) is 5.91 Å². The second kappa shape index (κ2) is 8.68. The van der Waals surface area contributed by atoms with Crippen LogP contribution in [0.4, 0.5) is 11.4 Å². The SMILES string of the molecule is CS(=O)(=O)N(Cc1ccc(C(=O)Nc2ccc3c(c2)oc2ccccc23)cc1)c1ccccc1. The number of carbonyl (C=O) groups excluding carboxylic acids is 1. The number of rotatable bonds is 6. The molecule has 0 fully saturated rings. The summed E-state index contributed by atoms with van der Waals surface area (Å²) in [6, 6.07) is 29.2. The number of carbonyl (C=O) groups is 1. The molecule has 1 N–H and O–H groups in total. The zero-order valence-electron chi connectivity index (χ0n) is 18.4. The minimum Gasteiger partial charge on any atom is -0.456 e. The van der Waals surface area contributed by atoms with Crippen LogP contribution in [0.15, 0.2) is 101 Å². The lowest BCUT2D eigenvalue weighted by molar-refractivity contribution is 0.102. The molecule has 0 saturated heterocycles. The maximum atomic E-state index is 12.8. The van der Waals surface area contributed by atoms with E-state index in [1.54, 1.807) is 48.5 Å². The first-order valence-corrected chi connectivity index (χ1v) is 12.6. The molecule has 5 aromatic rings. The van der Waals surface area contributed by atoms with Gasteiger partial charge >= 0.3 is 0 Å². The summed E-state index contributed by atoms with van der Waals surface area (Å²) in [6.45, 7) is 0.174. The Bertz CT molecular complexity index is 1590. The van der Waals surface area contributed by atoms with Gasteiger partial charge < -0.3 is 9.73 Å². The van der Waals surface area contributed by atoms with E-state index in [1.807, 2.05) is 48.5 Å². The molecular formula is C27H22N2O4S. The van der Waals surface area contributed by atoms with Crippen LogP contribution in [0, 0.1) is 0 Å². The molecule has 170 valence electrons. The molecule has 0 spiro atoms. The Morgan fingerprint density at radius 3 is 2.24 bits per heavy atom. The van der Waals surface area contributed by atoms with Crippen molar-refractivity contribution in [2.45, 2.75) is 6.54 Å². The quantitative estimate of drug-likeness (QED) is 0.340. The molecule has 0 atom stereocenters. The predicted octanol–water partition coefficient (Wildman–Crippen LogP) is 5.80. The molecule has 7 heteroatoms. The zero-order chi connectivity index (χ0) is 23.7. The third-order valence-corrected chi connectivity index (χ3v) is 6.76. The summed E-state index contributed by atoms with van der Waals surface area (Å²) < 4.78 is 31.9. The van der Waals surface area contributed by atoms with Crippen LogP contribution < -0.4 is 9.62 Å². The number of para-hydroxylation sites is 2. The highest BCUT2D eigenvalue weighted by atomic mass is 32.2. The normalized spacial score (nSPS) is 11.6. The van der Waals surface area contributed by atoms with Gasteiger partial charge in [-0.25, -0.2) is 8.42 Å². The van der Waals surface area contributed by atoms with Gasteiger partial charge in [-0.2, -0.15) is 0 Å². The minimum atomic E-state index is -3.47. The van der Waals surface area contributed by atoms with Gasteiger partial charge in [0.15, 0.2) is 0 Å². The fourth-order valence-corrected chi connectivity index (χ4v) is 4.82. The molecule has 34 heavy (non-hydrogen) atoms. The lowest BCUT2D eigenvalue weighted by Gasteiger charge is -2.22. The van der Waals surface area contributed by atoms with Gasteiger partial charge in [0.05, 0.1) is 18.5 Å². The summed E-state index contributed by atoms with van der Waals surface area (Å²) in [5.74, 6) is -0.259. The van der Waals surface area contributed by atoms with Crippen molar-refractivity contribution < 1.29 is 17.6 Å². The standard InChI is InChI=1S/C27H22N2O4S/c1-34(31,32)29(22-7-3-2-4-8-22)18-19-11-13-20(14-12-19)27(30)28-21-15-16-24-23-9-5-6-10-25(23)33-26(24)17-21/h2-17H,18H2,1H3,(H,28,30). The molecule has 6 nitrogen and oxygen atoms in total. The van der Waals surface area contributed by atoms with E-state index >= 15 is 0 Å². The van der Waals surface area contributed by atoms with Crippen molar-refractivity contribution in [1.29, 1.82) is 0 Å². The number of amides is 1. The Balaban J connectivity index is 1.33. The second-order valence-corrected chi connectivity index (χ2v) is 9.97. The monoisotopic (exact) mass is 470 g/mol. The van der Waals surface area contributed by atoms with E-state index in [4.69, 9.17) is 4.42 Å². The number of benzene rings is 4. The Morgan fingerprint density at radius 2 is 1.50 bits per heavy atom. The van der Waals surface area contributed by atoms with Crippen molar-refractivity contribution in [2.24, 2.45) is 0 Å². The highest BCUT2D eigenvalue weighted by molar-refractivity contribution is 7.92. The number of hydrogen-bond donors (Lipinski definition) is 1. The van der Waals surface area contributed by atoms with Gasteiger partial charge in [-0.05, 0) is 48.0 Å². The lowest BCUT2D eigenvalue weighted by Crippen LogP contribution is -2.29. The van der Waals surface area contributed by atoms with Crippen LogP contribution >= 0.6 is 0 Å². The first-order chi connectivity index (χ1) is 16.4. The van der Waals surface area contributed by atoms with E-state index in [-0.39, 0.29) is 12.5 Å². The van der Waals surface area contributed by atoms with Crippen LogP contribution in [-0.2, 0) is 16.6 Å². The Kier molecular flexibility index (Phi) is 5.55. The van der Waals surface area contributed by atoms with Crippen LogP contribution in [0.25, 0.3) is 21.9 Å². The Morgan fingerprint density at radius 1 is 0.824 bits per heavy atom. The van der Waals surface area contributed by atoms with Crippen LogP contribution in [0.1, 0.15) is 15.9 Å². The van der Waals surface area contributed by atoms with E-state index < -0.39 is 10.0 Å². The van der Waals surface area contributed by atoms with Gasteiger partial charge in [-0.15, -0.1) is 0 Å². The predicted molar refractivity (Wildman–Crippen MR) is 136 cm³/mol. The second-order valence-electron chi connectivity index (χ2n) is 8.07. The number of nitrogens with zero attached hydrogens (tertiary/aromatic N) is 1. The molecule has 4 aromatic carbocycles. The smallest absolute Gasteiger partial charge is 0.255 e. The molecule has 5 rings (SSSR count). The number of sulfonamides is 1. The largest absolute Gasteiger partial charge is 0.456 e. The van der Waals surface area contributed by atoms with E-state index in [9.17, 15) is 13.2 Å². The van der Waals surface area contributed by atoms with Gasteiger partial charge in [-0.1, -0.05) is 48.5 Å². The molecule has 0 radical (unpaired) electrons. The Hall–Kier alpha value is -4.10. The number of nitrogens with one attached hydrogen (secondary N) is 1. The van der Waals surface area contributed by atoms with Crippen molar-refractivity contribution in [3.05, 3.63) is 108 Å². The number of furan rings is 1. The summed E-state index contributed by atoms with van der Waals surface area (Å²) in [6.07, 6.45) is 1.18. The molecule has 0 bridgehead atoms. The van der Waals surface area contributed by atoms with E-state index in [0.29, 0.717) is 22.5 Å². The van der Waals surface area contributed by atoms with E-state index in [2.05, 4.69) is 5.32 Å². The maximum Gasteiger partial charge on any atom is 0.255 e. The lowest BCUT2D eigenvalue weighted by atomic mass is 10.1. The van der Waals surface area contributed by atoms with Crippen LogP contribution in [0.5, 0.6) is 0 Å². The van der Waals surface area contributed by atoms with Crippen molar-refractivity contribution >= 4 is 49.2 Å². The first kappa shape index (κ1) is 21.7. The van der Waals surface area contributed by atoms with Gasteiger partial charge in [0, 0.05) is 28.1 Å². The summed E-state index contributed by atoms with van der Waals surface area (Å²) >= 11 is 0. The van der Waals surface area contributed by atoms with Gasteiger partial charge in [0.1, 0.15) is 11.2 Å². The molecule has 0 unspecified atom stereocenters. The average Bonchev–Trinajstić information content (AvgIpc) is 3.20. The number of hydrogen-bond acceptors (Lipinski definition) is 4. The summed E-state index contributed by atoms with van der Waals surface area (Å²) in [5, 5.41) is 4.92.